The van der Waals surface area contributed by atoms with E-state index in [9.17, 15) is 4.79 Å². The molecule has 2 heterocycles. The van der Waals surface area contributed by atoms with Crippen LogP contribution in [0.5, 0.6) is 0 Å². The van der Waals surface area contributed by atoms with Crippen molar-refractivity contribution in [2.75, 3.05) is 0 Å². The second-order valence-corrected chi connectivity index (χ2v) is 6.06. The minimum absolute atomic E-state index is 0.129. The fourth-order valence-corrected chi connectivity index (χ4v) is 2.73. The normalized spacial score (nSPS) is 11.6. The second-order valence-electron chi connectivity index (χ2n) is 6.06. The molecule has 2 aromatic heterocycles. The van der Waals surface area contributed by atoms with E-state index in [2.05, 4.69) is 15.3 Å². The summed E-state index contributed by atoms with van der Waals surface area (Å²) in [5.74, 6) is 0. The third-order valence-corrected chi connectivity index (χ3v) is 4.21. The zero-order valence-corrected chi connectivity index (χ0v) is 14.7. The highest BCUT2D eigenvalue weighted by molar-refractivity contribution is 5.74. The molecule has 0 fully saturated rings. The molecule has 0 spiro atoms. The first-order valence-electron chi connectivity index (χ1n) is 8.62. The summed E-state index contributed by atoms with van der Waals surface area (Å²) in [6.07, 6.45) is 5.22. The van der Waals surface area contributed by atoms with Gasteiger partial charge in [-0.05, 0) is 36.2 Å². The molecule has 2 amide bonds. The summed E-state index contributed by atoms with van der Waals surface area (Å²) in [5.41, 5.74) is 2.90. The van der Waals surface area contributed by atoms with E-state index in [0.29, 0.717) is 13.1 Å². The van der Waals surface area contributed by atoms with E-state index in [-0.39, 0.29) is 12.1 Å². The zero-order valence-electron chi connectivity index (χ0n) is 14.7. The Morgan fingerprint density at radius 1 is 1.00 bits per heavy atom. The highest BCUT2D eigenvalue weighted by atomic mass is 16.2. The molecule has 1 atom stereocenters. The quantitative estimate of drug-likeness (QED) is 0.735. The molecule has 0 saturated carbocycles. The number of amides is 2. The van der Waals surface area contributed by atoms with Gasteiger partial charge < -0.3 is 10.2 Å². The Balaban J connectivity index is 1.76. The Morgan fingerprint density at radius 3 is 2.46 bits per heavy atom. The first-order chi connectivity index (χ1) is 12.7. The van der Waals surface area contributed by atoms with Crippen LogP contribution in [-0.4, -0.2) is 20.9 Å². The van der Waals surface area contributed by atoms with Gasteiger partial charge in [0.2, 0.25) is 0 Å². The lowest BCUT2D eigenvalue weighted by Crippen LogP contribution is -2.41. The monoisotopic (exact) mass is 346 g/mol. The summed E-state index contributed by atoms with van der Waals surface area (Å²) in [6.45, 7) is 2.94. The van der Waals surface area contributed by atoms with Gasteiger partial charge >= 0.3 is 6.03 Å². The molecule has 0 aliphatic heterocycles. The first kappa shape index (κ1) is 17.6. The highest BCUT2D eigenvalue weighted by Crippen LogP contribution is 2.21. The molecule has 0 aliphatic carbocycles. The molecule has 1 unspecified atom stereocenters. The van der Waals surface area contributed by atoms with Crippen LogP contribution in [0, 0.1) is 0 Å². The van der Waals surface area contributed by atoms with Crippen molar-refractivity contribution < 1.29 is 4.79 Å². The molecule has 26 heavy (non-hydrogen) atoms. The van der Waals surface area contributed by atoms with Crippen molar-refractivity contribution in [1.82, 2.24) is 20.2 Å². The largest absolute Gasteiger partial charge is 0.334 e. The Kier molecular flexibility index (Phi) is 5.93. The van der Waals surface area contributed by atoms with Crippen LogP contribution in [0.15, 0.2) is 79.3 Å². The molecule has 1 N–H and O–H groups in total. The number of nitrogens with one attached hydrogen (secondary N) is 1. The topological polar surface area (TPSA) is 58.1 Å². The van der Waals surface area contributed by atoms with Gasteiger partial charge in [0.1, 0.15) is 0 Å². The second kappa shape index (κ2) is 8.76. The third kappa shape index (κ3) is 4.66. The van der Waals surface area contributed by atoms with E-state index in [1.807, 2.05) is 67.6 Å². The molecule has 0 aliphatic rings. The lowest BCUT2D eigenvalue weighted by atomic mass is 10.1. The van der Waals surface area contributed by atoms with Crippen molar-refractivity contribution >= 4 is 6.03 Å². The summed E-state index contributed by atoms with van der Waals surface area (Å²) in [7, 11) is 0. The molecule has 5 heteroatoms. The van der Waals surface area contributed by atoms with Crippen molar-refractivity contribution in [2.24, 2.45) is 0 Å². The number of carbonyl (C=O) groups is 1. The molecule has 1 aromatic carbocycles. The van der Waals surface area contributed by atoms with Gasteiger partial charge in [0, 0.05) is 31.7 Å². The Bertz CT molecular complexity index is 809. The standard InChI is InChI=1S/C21H22N4O/c1-17(20-11-5-6-13-23-20)25(16-18-8-3-2-4-9-18)21(26)24-15-19-10-7-12-22-14-19/h2-14,17H,15-16H2,1H3,(H,24,26). The predicted molar refractivity (Wildman–Crippen MR) is 101 cm³/mol. The molecular weight excluding hydrogens is 324 g/mol. The molecule has 0 bridgehead atoms. The number of benzene rings is 1. The van der Waals surface area contributed by atoms with Crippen molar-refractivity contribution in [3.8, 4) is 0 Å². The van der Waals surface area contributed by atoms with Gasteiger partial charge in [-0.15, -0.1) is 0 Å². The van der Waals surface area contributed by atoms with Crippen molar-refractivity contribution in [3.63, 3.8) is 0 Å². The number of aromatic nitrogens is 2. The SMILES string of the molecule is CC(c1ccccn1)N(Cc1ccccc1)C(=O)NCc1cccnc1. The van der Waals surface area contributed by atoms with E-state index < -0.39 is 0 Å². The maximum atomic E-state index is 12.9. The summed E-state index contributed by atoms with van der Waals surface area (Å²) in [4.78, 5) is 23.2. The van der Waals surface area contributed by atoms with Gasteiger partial charge in [-0.1, -0.05) is 42.5 Å². The summed E-state index contributed by atoms with van der Waals surface area (Å²) < 4.78 is 0. The fraction of sp³-hybridized carbons (Fsp3) is 0.190. The number of urea groups is 1. The van der Waals surface area contributed by atoms with Crippen LogP contribution in [0.1, 0.15) is 29.8 Å². The molecular formula is C21H22N4O. The molecule has 132 valence electrons. The minimum Gasteiger partial charge on any atom is -0.334 e. The Morgan fingerprint density at radius 2 is 1.77 bits per heavy atom. The molecule has 0 saturated heterocycles. The molecule has 5 nitrogen and oxygen atoms in total. The fourth-order valence-electron chi connectivity index (χ4n) is 2.73. The Hall–Kier alpha value is -3.21. The van der Waals surface area contributed by atoms with Gasteiger partial charge in [0.25, 0.3) is 0 Å². The van der Waals surface area contributed by atoms with Crippen molar-refractivity contribution in [1.29, 1.82) is 0 Å². The minimum atomic E-state index is -0.148. The molecule has 3 rings (SSSR count). The van der Waals surface area contributed by atoms with Gasteiger partial charge in [0.15, 0.2) is 0 Å². The first-order valence-corrected chi connectivity index (χ1v) is 8.62. The summed E-state index contributed by atoms with van der Waals surface area (Å²) in [5, 5.41) is 2.99. The van der Waals surface area contributed by atoms with Crippen LogP contribution in [0.4, 0.5) is 4.79 Å². The van der Waals surface area contributed by atoms with E-state index in [0.717, 1.165) is 16.8 Å². The van der Waals surface area contributed by atoms with Crippen LogP contribution < -0.4 is 5.32 Å². The average molecular weight is 346 g/mol. The van der Waals surface area contributed by atoms with Gasteiger partial charge in [-0.2, -0.15) is 0 Å². The number of hydrogen-bond donors (Lipinski definition) is 1. The average Bonchev–Trinajstić information content (AvgIpc) is 2.72. The van der Waals surface area contributed by atoms with E-state index in [4.69, 9.17) is 0 Å². The van der Waals surface area contributed by atoms with Crippen LogP contribution in [0.3, 0.4) is 0 Å². The lowest BCUT2D eigenvalue weighted by Gasteiger charge is -2.29. The van der Waals surface area contributed by atoms with Gasteiger partial charge in [-0.25, -0.2) is 4.79 Å². The van der Waals surface area contributed by atoms with Crippen LogP contribution in [0.2, 0.25) is 0 Å². The van der Waals surface area contributed by atoms with Crippen LogP contribution >= 0.6 is 0 Å². The lowest BCUT2D eigenvalue weighted by molar-refractivity contribution is 0.173. The number of pyridine rings is 2. The molecule has 3 aromatic rings. The highest BCUT2D eigenvalue weighted by Gasteiger charge is 2.22. The van der Waals surface area contributed by atoms with E-state index in [1.54, 1.807) is 23.5 Å². The maximum Gasteiger partial charge on any atom is 0.318 e. The summed E-state index contributed by atoms with van der Waals surface area (Å²) >= 11 is 0. The summed E-state index contributed by atoms with van der Waals surface area (Å²) in [6, 6.07) is 19.2. The third-order valence-electron chi connectivity index (χ3n) is 4.21. The van der Waals surface area contributed by atoms with Gasteiger partial charge in [0.05, 0.1) is 11.7 Å². The smallest absolute Gasteiger partial charge is 0.318 e. The number of rotatable bonds is 6. The molecule has 0 radical (unpaired) electrons. The number of nitrogens with zero attached hydrogens (tertiary/aromatic N) is 3. The van der Waals surface area contributed by atoms with Crippen molar-refractivity contribution in [2.45, 2.75) is 26.1 Å². The van der Waals surface area contributed by atoms with Crippen molar-refractivity contribution in [3.05, 3.63) is 96.1 Å². The number of hydrogen-bond acceptors (Lipinski definition) is 3. The van der Waals surface area contributed by atoms with Crippen LogP contribution in [-0.2, 0) is 13.1 Å². The maximum absolute atomic E-state index is 12.9. The van der Waals surface area contributed by atoms with E-state index in [1.165, 1.54) is 0 Å². The predicted octanol–water partition coefficient (Wildman–Crippen LogP) is 3.95. The Labute approximate surface area is 153 Å². The van der Waals surface area contributed by atoms with Crippen LogP contribution in [0.25, 0.3) is 0 Å². The number of carbonyl (C=O) groups excluding carboxylic acids is 1. The van der Waals surface area contributed by atoms with Gasteiger partial charge in [-0.3, -0.25) is 9.97 Å². The zero-order chi connectivity index (χ0) is 18.2. The van der Waals surface area contributed by atoms with E-state index >= 15 is 0 Å².